The maximum Gasteiger partial charge on any atom is 0.0907 e. The second-order valence-corrected chi connectivity index (χ2v) is 8.62. The molecule has 1 atom stereocenters. The summed E-state index contributed by atoms with van der Waals surface area (Å²) in [5.74, 6) is 0.760. The highest BCUT2D eigenvalue weighted by atomic mass is 32.1. The van der Waals surface area contributed by atoms with E-state index in [9.17, 15) is 0 Å². The van der Waals surface area contributed by atoms with Crippen LogP contribution in [0.1, 0.15) is 33.9 Å². The molecule has 0 amide bonds. The van der Waals surface area contributed by atoms with Gasteiger partial charge in [-0.3, -0.25) is 9.88 Å². The van der Waals surface area contributed by atoms with Gasteiger partial charge in [0.1, 0.15) is 0 Å². The molecule has 0 spiro atoms. The maximum atomic E-state index is 4.56. The molecule has 4 heteroatoms. The minimum absolute atomic E-state index is 0.760. The minimum Gasteiger partial charge on any atom is -0.299 e. The molecule has 1 aromatic carbocycles. The first-order valence-corrected chi connectivity index (χ1v) is 9.89. The maximum absolute atomic E-state index is 4.56. The number of rotatable bonds is 4. The average Bonchev–Trinajstić information content (AvgIpc) is 3.11. The molecule has 0 saturated carbocycles. The van der Waals surface area contributed by atoms with E-state index >= 15 is 0 Å². The molecule has 1 saturated heterocycles. The van der Waals surface area contributed by atoms with Crippen LogP contribution in [0.3, 0.4) is 0 Å². The highest BCUT2D eigenvalue weighted by molar-refractivity contribution is 7.18. The summed E-state index contributed by atoms with van der Waals surface area (Å²) in [5, 5.41) is 1.15. The molecule has 0 unspecified atom stereocenters. The second-order valence-electron chi connectivity index (χ2n) is 7.39. The minimum atomic E-state index is 0.760. The number of benzene rings is 1. The van der Waals surface area contributed by atoms with Crippen LogP contribution < -0.4 is 0 Å². The Bertz CT molecular complexity index is 879. The van der Waals surface area contributed by atoms with Crippen LogP contribution in [0.5, 0.6) is 0 Å². The number of fused-ring (bicyclic) bond motifs is 1. The van der Waals surface area contributed by atoms with Gasteiger partial charge in [-0.1, -0.05) is 6.07 Å². The quantitative estimate of drug-likeness (QED) is 0.683. The summed E-state index contributed by atoms with van der Waals surface area (Å²) in [6, 6.07) is 11.2. The molecule has 3 aromatic rings. The number of nitrogens with zero attached hydrogens (tertiary/aromatic N) is 3. The van der Waals surface area contributed by atoms with Crippen LogP contribution in [0.2, 0.25) is 0 Å². The number of pyridine rings is 1. The molecule has 1 fully saturated rings. The zero-order chi connectivity index (χ0) is 17.4. The van der Waals surface area contributed by atoms with E-state index in [0.717, 1.165) is 34.4 Å². The van der Waals surface area contributed by atoms with Crippen molar-refractivity contribution in [3.8, 4) is 0 Å². The molecule has 0 bridgehead atoms. The first-order valence-electron chi connectivity index (χ1n) is 9.08. The predicted molar refractivity (Wildman–Crippen MR) is 105 cm³/mol. The third kappa shape index (κ3) is 3.91. The largest absolute Gasteiger partial charge is 0.299 e. The lowest BCUT2D eigenvalue weighted by molar-refractivity contribution is 0.316. The fourth-order valence-corrected chi connectivity index (χ4v) is 4.93. The van der Waals surface area contributed by atoms with Crippen molar-refractivity contribution in [2.75, 3.05) is 13.1 Å². The van der Waals surface area contributed by atoms with Crippen molar-refractivity contribution in [3.63, 3.8) is 0 Å². The number of aryl methyl sites for hydroxylation is 3. The van der Waals surface area contributed by atoms with Gasteiger partial charge in [0.2, 0.25) is 0 Å². The summed E-state index contributed by atoms with van der Waals surface area (Å²) in [4.78, 5) is 11.6. The molecule has 3 heterocycles. The van der Waals surface area contributed by atoms with Crippen molar-refractivity contribution >= 4 is 21.6 Å². The molecule has 1 aliphatic rings. The average molecular weight is 352 g/mol. The highest BCUT2D eigenvalue weighted by Gasteiger charge is 2.23. The third-order valence-electron chi connectivity index (χ3n) is 5.00. The Morgan fingerprint density at radius 2 is 1.84 bits per heavy atom. The van der Waals surface area contributed by atoms with E-state index in [1.807, 2.05) is 0 Å². The zero-order valence-electron chi connectivity index (χ0n) is 15.2. The van der Waals surface area contributed by atoms with Gasteiger partial charge in [0.15, 0.2) is 0 Å². The van der Waals surface area contributed by atoms with Crippen molar-refractivity contribution in [2.24, 2.45) is 5.92 Å². The molecular formula is C21H25N3S. The van der Waals surface area contributed by atoms with Crippen molar-refractivity contribution in [3.05, 3.63) is 57.9 Å². The second kappa shape index (κ2) is 6.85. The van der Waals surface area contributed by atoms with Gasteiger partial charge in [-0.05, 0) is 81.5 Å². The van der Waals surface area contributed by atoms with E-state index in [1.165, 1.54) is 41.8 Å². The van der Waals surface area contributed by atoms with E-state index in [4.69, 9.17) is 0 Å². The molecule has 0 radical (unpaired) electrons. The van der Waals surface area contributed by atoms with E-state index in [0.29, 0.717) is 0 Å². The van der Waals surface area contributed by atoms with Crippen molar-refractivity contribution in [1.29, 1.82) is 0 Å². The van der Waals surface area contributed by atoms with Crippen molar-refractivity contribution in [2.45, 2.75) is 40.2 Å². The Morgan fingerprint density at radius 3 is 2.64 bits per heavy atom. The number of hydrogen-bond acceptors (Lipinski definition) is 4. The molecule has 130 valence electrons. The monoisotopic (exact) mass is 351 g/mol. The number of likely N-dealkylation sites (tertiary alicyclic amines) is 1. The van der Waals surface area contributed by atoms with Crippen LogP contribution in [0, 0.1) is 26.7 Å². The van der Waals surface area contributed by atoms with Gasteiger partial charge >= 0.3 is 0 Å². The van der Waals surface area contributed by atoms with Crippen LogP contribution >= 0.6 is 11.3 Å². The Kier molecular flexibility index (Phi) is 4.57. The lowest BCUT2D eigenvalue weighted by Crippen LogP contribution is -2.20. The molecule has 0 aliphatic carbocycles. The van der Waals surface area contributed by atoms with E-state index in [1.54, 1.807) is 11.3 Å². The summed E-state index contributed by atoms with van der Waals surface area (Å²) < 4.78 is 1.31. The predicted octanol–water partition coefficient (Wildman–Crippen LogP) is 4.68. The van der Waals surface area contributed by atoms with Crippen LogP contribution in [-0.4, -0.2) is 28.0 Å². The molecule has 4 rings (SSSR count). The van der Waals surface area contributed by atoms with E-state index in [-0.39, 0.29) is 0 Å². The smallest absolute Gasteiger partial charge is 0.0907 e. The van der Waals surface area contributed by atoms with Gasteiger partial charge in [0.25, 0.3) is 0 Å². The van der Waals surface area contributed by atoms with Gasteiger partial charge in [-0.2, -0.15) is 0 Å². The van der Waals surface area contributed by atoms with Crippen LogP contribution in [-0.2, 0) is 13.0 Å². The summed E-state index contributed by atoms with van der Waals surface area (Å²) in [5.41, 5.74) is 6.26. The Labute approximate surface area is 153 Å². The van der Waals surface area contributed by atoms with Gasteiger partial charge in [0.05, 0.1) is 15.2 Å². The van der Waals surface area contributed by atoms with Crippen LogP contribution in [0.15, 0.2) is 30.3 Å². The molecule has 3 nitrogen and oxygen atoms in total. The SMILES string of the molecule is Cc1cc(C[C@H]2CCN(Cc3ccc4nc(C)sc4c3)C2)cc(C)n1. The molecule has 0 N–H and O–H groups in total. The van der Waals surface area contributed by atoms with Crippen LogP contribution in [0.25, 0.3) is 10.2 Å². The van der Waals surface area contributed by atoms with Crippen molar-refractivity contribution < 1.29 is 0 Å². The van der Waals surface area contributed by atoms with Gasteiger partial charge in [-0.25, -0.2) is 4.98 Å². The summed E-state index contributed by atoms with van der Waals surface area (Å²) in [6.07, 6.45) is 2.47. The zero-order valence-corrected chi connectivity index (χ0v) is 16.1. The number of thiazole rings is 1. The highest BCUT2D eigenvalue weighted by Crippen LogP contribution is 2.26. The number of aromatic nitrogens is 2. The topological polar surface area (TPSA) is 29.0 Å². The number of hydrogen-bond donors (Lipinski definition) is 0. The normalized spacial score (nSPS) is 18.3. The lowest BCUT2D eigenvalue weighted by atomic mass is 9.98. The molecular weight excluding hydrogens is 326 g/mol. The van der Waals surface area contributed by atoms with Crippen molar-refractivity contribution in [1.82, 2.24) is 14.9 Å². The summed E-state index contributed by atoms with van der Waals surface area (Å²) in [7, 11) is 0. The Morgan fingerprint density at radius 1 is 1.04 bits per heavy atom. The van der Waals surface area contributed by atoms with E-state index < -0.39 is 0 Å². The fraction of sp³-hybridized carbons (Fsp3) is 0.429. The van der Waals surface area contributed by atoms with Gasteiger partial charge in [-0.15, -0.1) is 11.3 Å². The lowest BCUT2D eigenvalue weighted by Gasteiger charge is -2.16. The van der Waals surface area contributed by atoms with Crippen LogP contribution in [0.4, 0.5) is 0 Å². The Hall–Kier alpha value is -1.78. The molecule has 2 aromatic heterocycles. The van der Waals surface area contributed by atoms with Gasteiger partial charge < -0.3 is 0 Å². The summed E-state index contributed by atoms with van der Waals surface area (Å²) >= 11 is 1.79. The molecule has 25 heavy (non-hydrogen) atoms. The third-order valence-corrected chi connectivity index (χ3v) is 5.94. The standard InChI is InChI=1S/C21H25N3S/c1-14-8-19(9-15(2)22-14)10-18-6-7-24(13-18)12-17-4-5-20-21(11-17)25-16(3)23-20/h4-5,8-9,11,18H,6-7,10,12-13H2,1-3H3/t18-/m1/s1. The first kappa shape index (κ1) is 16.7. The molecule has 1 aliphatic heterocycles. The first-order chi connectivity index (χ1) is 12.0. The fourth-order valence-electron chi connectivity index (χ4n) is 4.04. The van der Waals surface area contributed by atoms with Gasteiger partial charge in [0, 0.05) is 24.5 Å². The van der Waals surface area contributed by atoms with E-state index in [2.05, 4.69) is 66.0 Å². The summed E-state index contributed by atoms with van der Waals surface area (Å²) in [6.45, 7) is 9.72. The Balaban J connectivity index is 1.39.